The number of rotatable bonds is 7. The third-order valence-corrected chi connectivity index (χ3v) is 4.83. The number of ether oxygens (including phenoxy) is 1. The van der Waals surface area contributed by atoms with E-state index in [-0.39, 0.29) is 23.9 Å². The van der Waals surface area contributed by atoms with Gasteiger partial charge in [-0.05, 0) is 30.4 Å². The van der Waals surface area contributed by atoms with Crippen molar-refractivity contribution < 1.29 is 17.9 Å². The summed E-state index contributed by atoms with van der Waals surface area (Å²) in [4.78, 5) is 11.6. The molecule has 0 saturated heterocycles. The Morgan fingerprint density at radius 3 is 2.71 bits per heavy atom. The molecule has 1 unspecified atom stereocenters. The lowest BCUT2D eigenvalue weighted by molar-refractivity contribution is 0.0600. The standard InChI is InChI=1S/C14H20N2O4S/c1-20-14(17)12-5-3-2-4-11(12)9-21(18,19)16-8-13(15)10-6-7-10/h2-5,10,13,16H,6-9,15H2,1H3. The molecule has 1 saturated carbocycles. The van der Waals surface area contributed by atoms with Crippen LogP contribution in [0.4, 0.5) is 0 Å². The summed E-state index contributed by atoms with van der Waals surface area (Å²) in [5, 5.41) is 0. The molecule has 1 atom stereocenters. The number of sulfonamides is 1. The number of methoxy groups -OCH3 is 1. The van der Waals surface area contributed by atoms with Gasteiger partial charge in [0, 0.05) is 12.6 Å². The van der Waals surface area contributed by atoms with Crippen molar-refractivity contribution in [2.45, 2.75) is 24.6 Å². The van der Waals surface area contributed by atoms with E-state index >= 15 is 0 Å². The number of nitrogens with two attached hydrogens (primary N) is 1. The van der Waals surface area contributed by atoms with Crippen LogP contribution in [0.2, 0.25) is 0 Å². The minimum Gasteiger partial charge on any atom is -0.465 e. The fourth-order valence-electron chi connectivity index (χ4n) is 2.13. The van der Waals surface area contributed by atoms with E-state index in [1.54, 1.807) is 24.3 Å². The van der Waals surface area contributed by atoms with E-state index in [4.69, 9.17) is 5.73 Å². The summed E-state index contributed by atoms with van der Waals surface area (Å²) in [5.74, 6) is -0.388. The van der Waals surface area contributed by atoms with E-state index in [1.807, 2.05) is 0 Å². The Kier molecular flexibility index (Phi) is 4.97. The third kappa shape index (κ3) is 4.52. The number of benzene rings is 1. The van der Waals surface area contributed by atoms with Crippen LogP contribution in [-0.2, 0) is 20.5 Å². The maximum absolute atomic E-state index is 12.1. The lowest BCUT2D eigenvalue weighted by Gasteiger charge is -2.13. The molecule has 1 aliphatic carbocycles. The van der Waals surface area contributed by atoms with Gasteiger partial charge in [-0.25, -0.2) is 17.9 Å². The molecule has 21 heavy (non-hydrogen) atoms. The fourth-order valence-corrected chi connectivity index (χ4v) is 3.33. The summed E-state index contributed by atoms with van der Waals surface area (Å²) in [7, 11) is -2.27. The quantitative estimate of drug-likeness (QED) is 0.720. The molecule has 0 aromatic heterocycles. The monoisotopic (exact) mass is 312 g/mol. The second-order valence-corrected chi connectivity index (χ2v) is 7.06. The van der Waals surface area contributed by atoms with Crippen molar-refractivity contribution in [2.75, 3.05) is 13.7 Å². The Morgan fingerprint density at radius 1 is 1.43 bits per heavy atom. The largest absolute Gasteiger partial charge is 0.465 e. The highest BCUT2D eigenvalue weighted by Gasteiger charge is 2.29. The van der Waals surface area contributed by atoms with Crippen LogP contribution >= 0.6 is 0 Å². The van der Waals surface area contributed by atoms with Crippen molar-refractivity contribution in [3.63, 3.8) is 0 Å². The predicted molar refractivity (Wildman–Crippen MR) is 79.1 cm³/mol. The summed E-state index contributed by atoms with van der Waals surface area (Å²) in [5.41, 5.74) is 6.55. The second-order valence-electron chi connectivity index (χ2n) is 5.26. The second kappa shape index (κ2) is 6.55. The van der Waals surface area contributed by atoms with Gasteiger partial charge in [-0.1, -0.05) is 18.2 Å². The zero-order valence-corrected chi connectivity index (χ0v) is 12.7. The molecule has 1 aromatic carbocycles. The van der Waals surface area contributed by atoms with Crippen LogP contribution in [0.3, 0.4) is 0 Å². The highest BCUT2D eigenvalue weighted by molar-refractivity contribution is 7.88. The molecule has 0 bridgehead atoms. The SMILES string of the molecule is COC(=O)c1ccccc1CS(=O)(=O)NCC(N)C1CC1. The first-order valence-corrected chi connectivity index (χ1v) is 8.47. The van der Waals surface area contributed by atoms with Gasteiger partial charge in [0.15, 0.2) is 0 Å². The summed E-state index contributed by atoms with van der Waals surface area (Å²) in [6, 6.07) is 6.36. The Balaban J connectivity index is 2.04. The van der Waals surface area contributed by atoms with Gasteiger partial charge in [-0.3, -0.25) is 0 Å². The zero-order valence-electron chi connectivity index (χ0n) is 11.9. The lowest BCUT2D eigenvalue weighted by atomic mass is 10.1. The summed E-state index contributed by atoms with van der Waals surface area (Å²) < 4.78 is 31.3. The third-order valence-electron chi connectivity index (χ3n) is 3.53. The van der Waals surface area contributed by atoms with Crippen LogP contribution < -0.4 is 10.5 Å². The molecule has 3 N–H and O–H groups in total. The Labute approximate surface area is 124 Å². The van der Waals surface area contributed by atoms with Crippen LogP contribution in [0, 0.1) is 5.92 Å². The minimum absolute atomic E-state index is 0.143. The average Bonchev–Trinajstić information content (AvgIpc) is 3.29. The van der Waals surface area contributed by atoms with Gasteiger partial charge in [-0.2, -0.15) is 0 Å². The van der Waals surface area contributed by atoms with Crippen LogP contribution in [-0.4, -0.2) is 34.1 Å². The maximum atomic E-state index is 12.1. The van der Waals surface area contributed by atoms with Crippen LogP contribution in [0.5, 0.6) is 0 Å². The molecule has 0 heterocycles. The molecule has 7 heteroatoms. The average molecular weight is 312 g/mol. The Morgan fingerprint density at radius 2 is 2.10 bits per heavy atom. The number of nitrogens with one attached hydrogen (secondary N) is 1. The molecule has 0 spiro atoms. The Hall–Kier alpha value is -1.44. The number of hydrogen-bond acceptors (Lipinski definition) is 5. The molecule has 1 fully saturated rings. The molecule has 6 nitrogen and oxygen atoms in total. The predicted octanol–water partition coefficient (Wildman–Crippen LogP) is 0.630. The van der Waals surface area contributed by atoms with Gasteiger partial charge < -0.3 is 10.5 Å². The molecule has 0 amide bonds. The minimum atomic E-state index is -3.54. The molecular formula is C14H20N2O4S. The first-order valence-electron chi connectivity index (χ1n) is 6.82. The van der Waals surface area contributed by atoms with Crippen molar-refractivity contribution in [1.29, 1.82) is 0 Å². The van der Waals surface area contributed by atoms with Gasteiger partial charge >= 0.3 is 5.97 Å². The molecule has 2 rings (SSSR count). The number of carbonyl (C=O) groups excluding carboxylic acids is 1. The van der Waals surface area contributed by atoms with E-state index in [9.17, 15) is 13.2 Å². The number of carbonyl (C=O) groups is 1. The fraction of sp³-hybridized carbons (Fsp3) is 0.500. The smallest absolute Gasteiger partial charge is 0.338 e. The topological polar surface area (TPSA) is 98.5 Å². The van der Waals surface area contributed by atoms with Gasteiger partial charge in [0.1, 0.15) is 0 Å². The van der Waals surface area contributed by atoms with Crippen molar-refractivity contribution in [3.05, 3.63) is 35.4 Å². The maximum Gasteiger partial charge on any atom is 0.338 e. The van der Waals surface area contributed by atoms with Crippen molar-refractivity contribution in [2.24, 2.45) is 11.7 Å². The highest BCUT2D eigenvalue weighted by atomic mass is 32.2. The lowest BCUT2D eigenvalue weighted by Crippen LogP contribution is -2.39. The number of esters is 1. The van der Waals surface area contributed by atoms with E-state index in [0.717, 1.165) is 12.8 Å². The van der Waals surface area contributed by atoms with Crippen LogP contribution in [0.1, 0.15) is 28.8 Å². The van der Waals surface area contributed by atoms with Gasteiger partial charge in [-0.15, -0.1) is 0 Å². The van der Waals surface area contributed by atoms with E-state index in [1.165, 1.54) is 7.11 Å². The highest BCUT2D eigenvalue weighted by Crippen LogP contribution is 2.31. The first-order chi connectivity index (χ1) is 9.93. The molecular weight excluding hydrogens is 292 g/mol. The summed E-state index contributed by atoms with van der Waals surface area (Å²) in [6.07, 6.45) is 2.13. The molecule has 0 aliphatic heterocycles. The normalized spacial score (nSPS) is 16.5. The van der Waals surface area contributed by atoms with Gasteiger partial charge in [0.25, 0.3) is 0 Å². The zero-order chi connectivity index (χ0) is 15.5. The molecule has 0 radical (unpaired) electrons. The van der Waals surface area contributed by atoms with Gasteiger partial charge in [0.05, 0.1) is 18.4 Å². The van der Waals surface area contributed by atoms with Crippen LogP contribution in [0.25, 0.3) is 0 Å². The molecule has 1 aliphatic rings. The van der Waals surface area contributed by atoms with Crippen molar-refractivity contribution in [1.82, 2.24) is 4.72 Å². The summed E-state index contributed by atoms with van der Waals surface area (Å²) >= 11 is 0. The Bertz CT molecular complexity index is 611. The van der Waals surface area contributed by atoms with E-state index in [2.05, 4.69) is 9.46 Å². The number of hydrogen-bond donors (Lipinski definition) is 2. The van der Waals surface area contributed by atoms with Gasteiger partial charge in [0.2, 0.25) is 10.0 Å². The molecule has 116 valence electrons. The van der Waals surface area contributed by atoms with E-state index < -0.39 is 16.0 Å². The van der Waals surface area contributed by atoms with E-state index in [0.29, 0.717) is 11.5 Å². The van der Waals surface area contributed by atoms with Crippen molar-refractivity contribution >= 4 is 16.0 Å². The molecule has 1 aromatic rings. The van der Waals surface area contributed by atoms with Crippen LogP contribution in [0.15, 0.2) is 24.3 Å². The van der Waals surface area contributed by atoms with Crippen molar-refractivity contribution in [3.8, 4) is 0 Å². The summed E-state index contributed by atoms with van der Waals surface area (Å²) in [6.45, 7) is 0.230. The first kappa shape index (κ1) is 15.9.